The molecule has 0 bridgehead atoms. The van der Waals surface area contributed by atoms with E-state index in [0.717, 1.165) is 0 Å². The Labute approximate surface area is 181 Å². The van der Waals surface area contributed by atoms with Crippen molar-refractivity contribution in [3.8, 4) is 12.3 Å². The minimum atomic E-state index is -2.67. The normalized spacial score (nSPS) is 23.8. The largest absolute Gasteiger partial charge is 0.406 e. The molecule has 1 N–H and O–H groups in total. The van der Waals surface area contributed by atoms with Gasteiger partial charge in [0.15, 0.2) is 0 Å². The SMILES string of the molecule is C#C[C@@H](C)[C@H]1ON(C)[C@H](CO[Si](c2ccccc2)(c2ccccc2)C(C)(C)C)[C@H]1O. The highest BCUT2D eigenvalue weighted by Crippen LogP contribution is 2.37. The second kappa shape index (κ2) is 9.05. The molecular formula is C25H33NO3Si. The molecule has 2 aromatic rings. The Kier molecular flexibility index (Phi) is 6.86. The predicted molar refractivity (Wildman–Crippen MR) is 124 cm³/mol. The molecule has 1 aliphatic rings. The molecule has 3 rings (SSSR count). The molecule has 30 heavy (non-hydrogen) atoms. The molecule has 0 spiro atoms. The van der Waals surface area contributed by atoms with Crippen LogP contribution >= 0.6 is 0 Å². The van der Waals surface area contributed by atoms with E-state index in [1.165, 1.54) is 10.4 Å². The third kappa shape index (κ3) is 4.11. The van der Waals surface area contributed by atoms with E-state index in [2.05, 4.69) is 75.2 Å². The summed E-state index contributed by atoms with van der Waals surface area (Å²) in [5, 5.41) is 15.0. The zero-order valence-electron chi connectivity index (χ0n) is 18.6. The van der Waals surface area contributed by atoms with E-state index in [-0.39, 0.29) is 17.0 Å². The minimum Gasteiger partial charge on any atom is -0.406 e. The molecule has 2 aromatic carbocycles. The predicted octanol–water partition coefficient (Wildman–Crippen LogP) is 2.81. The number of likely N-dealkylation sites (N-methyl/N-ethyl adjacent to an activating group) is 1. The third-order valence-corrected chi connectivity index (χ3v) is 11.1. The smallest absolute Gasteiger partial charge is 0.261 e. The van der Waals surface area contributed by atoms with Crippen molar-refractivity contribution in [2.45, 2.75) is 51.0 Å². The molecule has 160 valence electrons. The van der Waals surface area contributed by atoms with Crippen molar-refractivity contribution < 1.29 is 14.4 Å². The molecule has 4 nitrogen and oxygen atoms in total. The first kappa shape index (κ1) is 22.7. The second-order valence-corrected chi connectivity index (χ2v) is 13.4. The van der Waals surface area contributed by atoms with Gasteiger partial charge in [0.2, 0.25) is 0 Å². The van der Waals surface area contributed by atoms with E-state index in [4.69, 9.17) is 15.7 Å². The van der Waals surface area contributed by atoms with Gasteiger partial charge in [0.1, 0.15) is 12.2 Å². The third-order valence-electron chi connectivity index (χ3n) is 6.13. The number of nitrogens with zero attached hydrogens (tertiary/aromatic N) is 1. The fraction of sp³-hybridized carbons (Fsp3) is 0.440. The highest BCUT2D eigenvalue weighted by atomic mass is 28.4. The highest BCUT2D eigenvalue weighted by Gasteiger charge is 2.52. The molecule has 4 atom stereocenters. The molecule has 0 amide bonds. The topological polar surface area (TPSA) is 41.9 Å². The van der Waals surface area contributed by atoms with E-state index in [1.54, 1.807) is 5.06 Å². The van der Waals surface area contributed by atoms with E-state index < -0.39 is 20.5 Å². The van der Waals surface area contributed by atoms with E-state index in [1.807, 2.05) is 26.1 Å². The maximum atomic E-state index is 10.9. The standard InChI is InChI=1S/C25H33NO3Si/c1-7-19(2)24-23(27)22(26(6)29-24)18-28-30(25(3,4)5,20-14-10-8-11-15-20)21-16-12-9-13-17-21/h1,8-17,19,22-24,27H,18H2,2-6H3/t19-,22-,23-,24-/m1/s1. The Morgan fingerprint density at radius 3 is 2.03 bits per heavy atom. The fourth-order valence-electron chi connectivity index (χ4n) is 4.42. The summed E-state index contributed by atoms with van der Waals surface area (Å²) in [5.74, 6) is 2.50. The molecule has 1 heterocycles. The highest BCUT2D eigenvalue weighted by molar-refractivity contribution is 6.99. The Morgan fingerprint density at radius 2 is 1.60 bits per heavy atom. The number of terminal acetylenes is 1. The van der Waals surface area contributed by atoms with Crippen LogP contribution in [0.25, 0.3) is 0 Å². The molecule has 1 aliphatic heterocycles. The summed E-state index contributed by atoms with van der Waals surface area (Å²) in [4.78, 5) is 5.88. The quantitative estimate of drug-likeness (QED) is 0.573. The van der Waals surface area contributed by atoms with E-state index >= 15 is 0 Å². The Balaban J connectivity index is 2.00. The van der Waals surface area contributed by atoms with Crippen molar-refractivity contribution in [2.24, 2.45) is 5.92 Å². The van der Waals surface area contributed by atoms with Crippen LogP contribution in [0.3, 0.4) is 0 Å². The molecule has 1 fully saturated rings. The number of rotatable bonds is 6. The maximum absolute atomic E-state index is 10.9. The molecule has 1 saturated heterocycles. The first-order valence-electron chi connectivity index (χ1n) is 10.5. The summed E-state index contributed by atoms with van der Waals surface area (Å²) < 4.78 is 6.96. The molecule has 0 aromatic heterocycles. The van der Waals surface area contributed by atoms with Gasteiger partial charge in [-0.2, -0.15) is 5.06 Å². The van der Waals surface area contributed by atoms with Gasteiger partial charge < -0.3 is 9.53 Å². The fourth-order valence-corrected chi connectivity index (χ4v) is 9.00. The molecule has 5 heteroatoms. The number of hydrogen-bond acceptors (Lipinski definition) is 4. The van der Waals surface area contributed by atoms with Gasteiger partial charge in [0.05, 0.1) is 12.6 Å². The molecule has 0 saturated carbocycles. The van der Waals surface area contributed by atoms with Crippen molar-refractivity contribution in [1.29, 1.82) is 0 Å². The summed E-state index contributed by atoms with van der Waals surface area (Å²) >= 11 is 0. The van der Waals surface area contributed by atoms with Crippen LogP contribution in [0.4, 0.5) is 0 Å². The average Bonchev–Trinajstić information content (AvgIpc) is 3.02. The lowest BCUT2D eigenvalue weighted by atomic mass is 9.97. The number of benzene rings is 2. The molecular weight excluding hydrogens is 390 g/mol. The number of aliphatic hydroxyl groups excluding tert-OH is 1. The summed E-state index contributed by atoms with van der Waals surface area (Å²) in [6.07, 6.45) is 4.44. The van der Waals surface area contributed by atoms with Crippen LogP contribution in [0.5, 0.6) is 0 Å². The zero-order valence-corrected chi connectivity index (χ0v) is 19.6. The minimum absolute atomic E-state index is 0.121. The Morgan fingerprint density at radius 1 is 1.10 bits per heavy atom. The van der Waals surface area contributed by atoms with Crippen LogP contribution in [0.15, 0.2) is 60.7 Å². The summed E-state index contributed by atoms with van der Waals surface area (Å²) in [5.41, 5.74) is 0. The lowest BCUT2D eigenvalue weighted by molar-refractivity contribution is -0.155. The van der Waals surface area contributed by atoms with Gasteiger partial charge in [-0.05, 0) is 22.3 Å². The lowest BCUT2D eigenvalue weighted by Crippen LogP contribution is -2.67. The Hall–Kier alpha value is -1.94. The first-order valence-corrected chi connectivity index (χ1v) is 12.4. The number of hydrogen-bond donors (Lipinski definition) is 1. The van der Waals surface area contributed by atoms with Crippen LogP contribution in [0.2, 0.25) is 5.04 Å². The van der Waals surface area contributed by atoms with Crippen molar-refractivity contribution in [3.05, 3.63) is 60.7 Å². The maximum Gasteiger partial charge on any atom is 0.261 e. The Bertz CT molecular complexity index is 820. The van der Waals surface area contributed by atoms with Gasteiger partial charge in [-0.3, -0.25) is 4.84 Å². The average molecular weight is 424 g/mol. The van der Waals surface area contributed by atoms with Gasteiger partial charge in [-0.1, -0.05) is 81.4 Å². The van der Waals surface area contributed by atoms with Crippen molar-refractivity contribution in [2.75, 3.05) is 13.7 Å². The van der Waals surface area contributed by atoms with Crippen LogP contribution in [-0.4, -0.2) is 50.4 Å². The first-order chi connectivity index (χ1) is 14.2. The van der Waals surface area contributed by atoms with Crippen LogP contribution in [0.1, 0.15) is 27.7 Å². The van der Waals surface area contributed by atoms with Gasteiger partial charge in [0, 0.05) is 13.0 Å². The monoisotopic (exact) mass is 423 g/mol. The zero-order chi connectivity index (χ0) is 21.9. The van der Waals surface area contributed by atoms with Crippen molar-refractivity contribution in [1.82, 2.24) is 5.06 Å². The van der Waals surface area contributed by atoms with Gasteiger partial charge in [-0.15, -0.1) is 12.3 Å². The van der Waals surface area contributed by atoms with Crippen LogP contribution in [-0.2, 0) is 9.26 Å². The number of aliphatic hydroxyl groups is 1. The van der Waals surface area contributed by atoms with E-state index in [0.29, 0.717) is 6.61 Å². The molecule has 0 unspecified atom stereocenters. The van der Waals surface area contributed by atoms with Crippen LogP contribution < -0.4 is 10.4 Å². The lowest BCUT2D eigenvalue weighted by Gasteiger charge is -2.43. The van der Waals surface area contributed by atoms with Crippen LogP contribution in [0, 0.1) is 18.3 Å². The summed E-state index contributed by atoms with van der Waals surface area (Å²) in [6, 6.07) is 20.7. The number of hydroxylamine groups is 2. The van der Waals surface area contributed by atoms with Gasteiger partial charge in [-0.25, -0.2) is 0 Å². The van der Waals surface area contributed by atoms with Crippen molar-refractivity contribution in [3.63, 3.8) is 0 Å². The summed E-state index contributed by atoms with van der Waals surface area (Å²) in [7, 11) is -0.828. The van der Waals surface area contributed by atoms with Crippen molar-refractivity contribution >= 4 is 18.7 Å². The van der Waals surface area contributed by atoms with Gasteiger partial charge >= 0.3 is 0 Å². The molecule has 0 radical (unpaired) electrons. The second-order valence-electron chi connectivity index (χ2n) is 9.10. The molecule has 0 aliphatic carbocycles. The van der Waals surface area contributed by atoms with E-state index in [9.17, 15) is 5.11 Å². The van der Waals surface area contributed by atoms with Gasteiger partial charge in [0.25, 0.3) is 8.32 Å². The summed E-state index contributed by atoms with van der Waals surface area (Å²) in [6.45, 7) is 8.99.